The molecular weight excluding hydrogens is 392 g/mol. The molecule has 1 saturated heterocycles. The molecule has 1 aliphatic rings. The van der Waals surface area contributed by atoms with Crippen molar-refractivity contribution in [3.05, 3.63) is 12.2 Å². The maximum absolute atomic E-state index is 9.96. The minimum absolute atomic E-state index is 0.0651. The van der Waals surface area contributed by atoms with Crippen LogP contribution in [0, 0.1) is 0 Å². The van der Waals surface area contributed by atoms with Crippen molar-refractivity contribution in [2.24, 2.45) is 0 Å². The lowest BCUT2D eigenvalue weighted by molar-refractivity contribution is -0.0813. The highest BCUT2D eigenvalue weighted by molar-refractivity contribution is 4.87. The number of hydrogen-bond acceptors (Lipinski definition) is 5. The number of ether oxygens (including phenoxy) is 2. The topological polar surface area (TPSA) is 79.2 Å². The number of aliphatic hydroxyl groups excluding tert-OH is 3. The monoisotopic (exact) mass is 442 g/mol. The lowest BCUT2D eigenvalue weighted by Crippen LogP contribution is -2.40. The molecule has 0 aromatic heterocycles. The first-order valence-corrected chi connectivity index (χ1v) is 13.0. The highest BCUT2D eigenvalue weighted by Crippen LogP contribution is 2.18. The van der Waals surface area contributed by atoms with E-state index in [1.165, 1.54) is 77.0 Å². The smallest absolute Gasteiger partial charge is 0.114 e. The van der Waals surface area contributed by atoms with Crippen LogP contribution >= 0.6 is 0 Å². The number of aliphatic hydroxyl groups is 3. The van der Waals surface area contributed by atoms with Gasteiger partial charge in [-0.15, -0.1) is 0 Å². The van der Waals surface area contributed by atoms with Crippen molar-refractivity contribution in [3.63, 3.8) is 0 Å². The number of rotatable bonds is 21. The summed E-state index contributed by atoms with van der Waals surface area (Å²) in [6.07, 6.45) is 22.0. The van der Waals surface area contributed by atoms with Gasteiger partial charge >= 0.3 is 0 Å². The molecule has 0 spiro atoms. The fourth-order valence-electron chi connectivity index (χ4n) is 4.07. The van der Waals surface area contributed by atoms with Gasteiger partial charge in [-0.3, -0.25) is 0 Å². The van der Waals surface area contributed by atoms with Crippen molar-refractivity contribution in [1.29, 1.82) is 0 Å². The molecule has 5 nitrogen and oxygen atoms in total. The van der Waals surface area contributed by atoms with Crippen LogP contribution in [0.15, 0.2) is 12.2 Å². The Balaban J connectivity index is 1.77. The van der Waals surface area contributed by atoms with Gasteiger partial charge in [-0.25, -0.2) is 0 Å². The molecule has 0 aliphatic carbocycles. The maximum Gasteiger partial charge on any atom is 0.114 e. The Kier molecular flexibility index (Phi) is 18.6. The summed E-state index contributed by atoms with van der Waals surface area (Å²) in [6.45, 7) is 3.07. The highest BCUT2D eigenvalue weighted by atomic mass is 16.5. The predicted molar refractivity (Wildman–Crippen MR) is 127 cm³/mol. The van der Waals surface area contributed by atoms with Crippen molar-refractivity contribution in [2.45, 2.75) is 134 Å². The van der Waals surface area contributed by atoms with Crippen molar-refractivity contribution in [1.82, 2.24) is 0 Å². The van der Waals surface area contributed by atoms with Crippen LogP contribution in [0.4, 0.5) is 0 Å². The van der Waals surface area contributed by atoms with Crippen molar-refractivity contribution in [2.75, 3.05) is 19.8 Å². The van der Waals surface area contributed by atoms with E-state index >= 15 is 0 Å². The molecule has 0 bridgehead atoms. The standard InChI is InChI=1S/C26H50O5/c1-2-3-4-5-6-7-8-9-10-11-12-13-14-15-16-17-18-19-20-30-21-24(28)26-25(29)23(27)22-31-26/h14-15,23-29H,2-13,16-22H2,1H3/b15-14+/t23-,24+,25+,26+/m0/s1. The number of hydrogen-bond donors (Lipinski definition) is 3. The summed E-state index contributed by atoms with van der Waals surface area (Å²) in [5.74, 6) is 0. The molecule has 1 rings (SSSR count). The van der Waals surface area contributed by atoms with Gasteiger partial charge in [0.25, 0.3) is 0 Å². The van der Waals surface area contributed by atoms with Crippen LogP contribution in [-0.2, 0) is 9.47 Å². The molecule has 1 fully saturated rings. The second kappa shape index (κ2) is 20.2. The minimum atomic E-state index is -1.03. The van der Waals surface area contributed by atoms with E-state index in [4.69, 9.17) is 9.47 Å². The Hall–Kier alpha value is -0.460. The largest absolute Gasteiger partial charge is 0.388 e. The summed E-state index contributed by atoms with van der Waals surface area (Å²) >= 11 is 0. The molecule has 31 heavy (non-hydrogen) atoms. The Morgan fingerprint density at radius 2 is 1.32 bits per heavy atom. The Morgan fingerprint density at radius 1 is 0.806 bits per heavy atom. The van der Waals surface area contributed by atoms with Crippen LogP contribution in [0.5, 0.6) is 0 Å². The van der Waals surface area contributed by atoms with E-state index in [0.29, 0.717) is 6.61 Å². The van der Waals surface area contributed by atoms with Crippen molar-refractivity contribution in [3.8, 4) is 0 Å². The van der Waals surface area contributed by atoms with Crippen LogP contribution < -0.4 is 0 Å². The van der Waals surface area contributed by atoms with E-state index in [-0.39, 0.29) is 13.2 Å². The zero-order chi connectivity index (χ0) is 22.6. The first-order chi connectivity index (χ1) is 15.2. The highest BCUT2D eigenvalue weighted by Gasteiger charge is 2.39. The molecule has 184 valence electrons. The fourth-order valence-corrected chi connectivity index (χ4v) is 4.07. The zero-order valence-corrected chi connectivity index (χ0v) is 20.1. The van der Waals surface area contributed by atoms with Gasteiger partial charge in [0.1, 0.15) is 24.4 Å². The second-order valence-corrected chi connectivity index (χ2v) is 9.14. The molecule has 0 aromatic carbocycles. The van der Waals surface area contributed by atoms with E-state index in [9.17, 15) is 15.3 Å². The van der Waals surface area contributed by atoms with Crippen LogP contribution in [0.1, 0.15) is 110 Å². The van der Waals surface area contributed by atoms with Crippen molar-refractivity contribution < 1.29 is 24.8 Å². The van der Waals surface area contributed by atoms with Crippen LogP contribution in [0.25, 0.3) is 0 Å². The summed E-state index contributed by atoms with van der Waals surface area (Å²) in [4.78, 5) is 0. The third-order valence-electron chi connectivity index (χ3n) is 6.16. The average Bonchev–Trinajstić information content (AvgIpc) is 3.10. The van der Waals surface area contributed by atoms with Gasteiger partial charge in [-0.05, 0) is 32.1 Å². The first kappa shape index (κ1) is 28.6. The van der Waals surface area contributed by atoms with Gasteiger partial charge in [-0.2, -0.15) is 0 Å². The van der Waals surface area contributed by atoms with Gasteiger partial charge < -0.3 is 24.8 Å². The number of unbranched alkanes of at least 4 members (excludes halogenated alkanes) is 14. The van der Waals surface area contributed by atoms with Gasteiger partial charge in [0, 0.05) is 6.61 Å². The van der Waals surface area contributed by atoms with Crippen LogP contribution in [0.3, 0.4) is 0 Å². The van der Waals surface area contributed by atoms with Gasteiger partial charge in [-0.1, -0.05) is 89.7 Å². The molecule has 3 N–H and O–H groups in total. The third-order valence-corrected chi connectivity index (χ3v) is 6.16. The van der Waals surface area contributed by atoms with E-state index in [1.54, 1.807) is 0 Å². The van der Waals surface area contributed by atoms with Gasteiger partial charge in [0.15, 0.2) is 0 Å². The molecule has 5 heteroatoms. The molecule has 0 radical (unpaired) electrons. The zero-order valence-electron chi connectivity index (χ0n) is 20.1. The molecule has 0 unspecified atom stereocenters. The number of allylic oxidation sites excluding steroid dienone is 2. The molecule has 4 atom stereocenters. The predicted octanol–water partition coefficient (Wildman–Crippen LogP) is 5.30. The Morgan fingerprint density at radius 3 is 1.84 bits per heavy atom. The SMILES string of the molecule is CCCCCCCCCCCCC/C=C/CCCCCOC[C@@H](O)[C@H]1OC[C@H](O)[C@H]1O. The van der Waals surface area contributed by atoms with Gasteiger partial charge in [0.05, 0.1) is 13.2 Å². The lowest BCUT2D eigenvalue weighted by atomic mass is 10.1. The second-order valence-electron chi connectivity index (χ2n) is 9.14. The summed E-state index contributed by atoms with van der Waals surface area (Å²) in [6, 6.07) is 0. The van der Waals surface area contributed by atoms with Crippen molar-refractivity contribution >= 4 is 0 Å². The van der Waals surface area contributed by atoms with E-state index in [0.717, 1.165) is 25.7 Å². The summed E-state index contributed by atoms with van der Waals surface area (Å²) in [5, 5.41) is 29.1. The molecule has 1 heterocycles. The summed E-state index contributed by atoms with van der Waals surface area (Å²) in [7, 11) is 0. The van der Waals surface area contributed by atoms with Crippen LogP contribution in [0.2, 0.25) is 0 Å². The van der Waals surface area contributed by atoms with Gasteiger partial charge in [0.2, 0.25) is 0 Å². The lowest BCUT2D eigenvalue weighted by Gasteiger charge is -2.20. The Labute approximate surface area is 191 Å². The first-order valence-electron chi connectivity index (χ1n) is 13.0. The molecule has 1 aliphatic heterocycles. The summed E-state index contributed by atoms with van der Waals surface area (Å²) in [5.41, 5.74) is 0. The summed E-state index contributed by atoms with van der Waals surface area (Å²) < 4.78 is 10.7. The fraction of sp³-hybridized carbons (Fsp3) is 0.923. The molecule has 0 amide bonds. The maximum atomic E-state index is 9.96. The minimum Gasteiger partial charge on any atom is -0.388 e. The van der Waals surface area contributed by atoms with E-state index < -0.39 is 24.4 Å². The quantitative estimate of drug-likeness (QED) is 0.166. The normalized spacial score (nSPS) is 22.5. The van der Waals surface area contributed by atoms with E-state index in [2.05, 4.69) is 19.1 Å². The van der Waals surface area contributed by atoms with E-state index in [1.807, 2.05) is 0 Å². The van der Waals surface area contributed by atoms with Crippen LogP contribution in [-0.4, -0.2) is 59.6 Å². The molecule has 0 saturated carbocycles. The average molecular weight is 443 g/mol. The third kappa shape index (κ3) is 15.1. The Bertz CT molecular complexity index is 415. The molecular formula is C26H50O5. The molecule has 0 aromatic rings.